The molecule has 0 amide bonds. The van der Waals surface area contributed by atoms with Gasteiger partial charge in [0.25, 0.3) is 0 Å². The van der Waals surface area contributed by atoms with E-state index >= 15 is 0 Å². The van der Waals surface area contributed by atoms with Crippen LogP contribution >= 0.6 is 0 Å². The van der Waals surface area contributed by atoms with E-state index in [-0.39, 0.29) is 5.88 Å². The van der Waals surface area contributed by atoms with Crippen molar-refractivity contribution < 1.29 is 27.4 Å². The highest BCUT2D eigenvalue weighted by atomic mass is 19.4. The number of alkyl halides is 3. The van der Waals surface area contributed by atoms with Crippen LogP contribution in [0.1, 0.15) is 12.5 Å². The number of pyridine rings is 2. The summed E-state index contributed by atoms with van der Waals surface area (Å²) < 4.78 is 46.8. The van der Waals surface area contributed by atoms with Gasteiger partial charge in [-0.15, -0.1) is 0 Å². The fraction of sp³-hybridized carbons (Fsp3) is 0.136. The average Bonchev–Trinajstić information content (AvgIpc) is 2.74. The highest BCUT2D eigenvalue weighted by Gasteiger charge is 2.41. The number of anilines is 2. The average molecular weight is 427 g/mol. The number of nitrogens with zero attached hydrogens (tertiary/aromatic N) is 2. The Balaban J connectivity index is 1.68. The van der Waals surface area contributed by atoms with E-state index in [1.807, 2.05) is 18.2 Å². The molecule has 2 heterocycles. The summed E-state index contributed by atoms with van der Waals surface area (Å²) >= 11 is 0. The zero-order valence-electron chi connectivity index (χ0n) is 16.2. The van der Waals surface area contributed by atoms with Crippen molar-refractivity contribution in [1.82, 2.24) is 9.97 Å². The zero-order chi connectivity index (χ0) is 22.3. The molecule has 0 saturated carbocycles. The first-order valence-corrected chi connectivity index (χ1v) is 9.01. The maximum absolute atomic E-state index is 12.3. The number of rotatable bonds is 5. The van der Waals surface area contributed by atoms with Crippen molar-refractivity contribution >= 4 is 17.5 Å². The molecule has 0 saturated heterocycles. The number of hydrogen-bond acceptors (Lipinski definition) is 6. The Labute approximate surface area is 176 Å². The van der Waals surface area contributed by atoms with Gasteiger partial charge in [0.2, 0.25) is 5.88 Å². The van der Waals surface area contributed by atoms with Crippen molar-refractivity contribution in [3.05, 3.63) is 72.6 Å². The van der Waals surface area contributed by atoms with Gasteiger partial charge in [-0.25, -0.2) is 14.8 Å². The summed E-state index contributed by atoms with van der Waals surface area (Å²) in [5, 5.41) is 3.14. The number of halogens is 3. The van der Waals surface area contributed by atoms with Crippen molar-refractivity contribution in [1.29, 1.82) is 0 Å². The lowest BCUT2D eigenvalue weighted by Crippen LogP contribution is -2.28. The Morgan fingerprint density at radius 1 is 1.03 bits per heavy atom. The van der Waals surface area contributed by atoms with E-state index in [0.717, 1.165) is 5.69 Å². The van der Waals surface area contributed by atoms with Crippen LogP contribution in [-0.4, -0.2) is 28.2 Å². The molecular formula is C22H16F3N3O3. The maximum atomic E-state index is 12.3. The Morgan fingerprint density at radius 2 is 1.77 bits per heavy atom. The highest BCUT2D eigenvalue weighted by molar-refractivity contribution is 5.76. The van der Waals surface area contributed by atoms with Gasteiger partial charge in [-0.3, -0.25) is 0 Å². The molecule has 3 rings (SSSR count). The van der Waals surface area contributed by atoms with Gasteiger partial charge in [0.15, 0.2) is 6.10 Å². The van der Waals surface area contributed by atoms with Crippen molar-refractivity contribution in [2.45, 2.75) is 19.2 Å². The molecule has 158 valence electrons. The van der Waals surface area contributed by atoms with Gasteiger partial charge in [-0.2, -0.15) is 13.2 Å². The molecule has 6 nitrogen and oxygen atoms in total. The predicted molar refractivity (Wildman–Crippen MR) is 107 cm³/mol. The van der Waals surface area contributed by atoms with Crippen LogP contribution in [0, 0.1) is 11.8 Å². The zero-order valence-corrected chi connectivity index (χ0v) is 16.2. The summed E-state index contributed by atoms with van der Waals surface area (Å²) in [6.07, 6.45) is -3.17. The molecule has 0 bridgehead atoms. The minimum absolute atomic E-state index is 0.162. The normalized spacial score (nSPS) is 11.6. The van der Waals surface area contributed by atoms with E-state index in [1.54, 1.807) is 42.6 Å². The summed E-state index contributed by atoms with van der Waals surface area (Å²) in [6.45, 7) is 1.24. The van der Waals surface area contributed by atoms with Gasteiger partial charge in [-0.05, 0) is 55.5 Å². The van der Waals surface area contributed by atoms with Gasteiger partial charge in [-0.1, -0.05) is 17.9 Å². The number of benzene rings is 1. The summed E-state index contributed by atoms with van der Waals surface area (Å²) in [4.78, 5) is 19.2. The van der Waals surface area contributed by atoms with Crippen LogP contribution in [0.5, 0.6) is 11.6 Å². The molecule has 0 radical (unpaired) electrons. The van der Waals surface area contributed by atoms with Gasteiger partial charge < -0.3 is 14.8 Å². The van der Waals surface area contributed by atoms with Crippen LogP contribution < -0.4 is 10.1 Å². The monoisotopic (exact) mass is 427 g/mol. The van der Waals surface area contributed by atoms with E-state index in [0.29, 0.717) is 17.1 Å². The SMILES string of the molecule is C[C@@H](C#Cc1cccnc1Oc1ccc(Nc2ccccn2)cc1)OC(=O)C(F)(F)F. The van der Waals surface area contributed by atoms with Crippen molar-refractivity contribution in [3.63, 3.8) is 0 Å². The summed E-state index contributed by atoms with van der Waals surface area (Å²) in [7, 11) is 0. The van der Waals surface area contributed by atoms with E-state index in [9.17, 15) is 18.0 Å². The fourth-order valence-electron chi connectivity index (χ4n) is 2.31. The lowest BCUT2D eigenvalue weighted by molar-refractivity contribution is -0.201. The predicted octanol–water partition coefficient (Wildman–Crippen LogP) is 4.86. The smallest absolute Gasteiger partial charge is 0.443 e. The Kier molecular flexibility index (Phi) is 6.72. The number of carbonyl (C=O) groups is 1. The van der Waals surface area contributed by atoms with Crippen LogP contribution in [0.2, 0.25) is 0 Å². The molecule has 0 aliphatic carbocycles. The number of hydrogen-bond donors (Lipinski definition) is 1. The third kappa shape index (κ3) is 6.47. The van der Waals surface area contributed by atoms with E-state index in [1.165, 1.54) is 13.1 Å². The largest absolute Gasteiger partial charge is 0.490 e. The molecule has 0 unspecified atom stereocenters. The molecule has 0 aliphatic heterocycles. The molecule has 1 N–H and O–H groups in total. The number of aromatic nitrogens is 2. The summed E-state index contributed by atoms with van der Waals surface area (Å²) in [5.74, 6) is 4.10. The second-order valence-corrected chi connectivity index (χ2v) is 6.14. The number of nitrogens with one attached hydrogen (secondary N) is 1. The lowest BCUT2D eigenvalue weighted by atomic mass is 10.2. The van der Waals surface area contributed by atoms with Gasteiger partial charge >= 0.3 is 12.1 Å². The summed E-state index contributed by atoms with van der Waals surface area (Å²) in [6, 6.07) is 15.7. The molecule has 0 spiro atoms. The van der Waals surface area contributed by atoms with Gasteiger partial charge in [0.1, 0.15) is 11.6 Å². The molecule has 3 aromatic rings. The molecule has 0 fully saturated rings. The van der Waals surface area contributed by atoms with Crippen molar-refractivity contribution in [2.24, 2.45) is 0 Å². The number of carbonyl (C=O) groups excluding carboxylic acids is 1. The Morgan fingerprint density at radius 3 is 2.45 bits per heavy atom. The first-order valence-electron chi connectivity index (χ1n) is 9.01. The maximum Gasteiger partial charge on any atom is 0.490 e. The van der Waals surface area contributed by atoms with Gasteiger partial charge in [0, 0.05) is 18.1 Å². The van der Waals surface area contributed by atoms with Crippen molar-refractivity contribution in [3.8, 4) is 23.5 Å². The Bertz CT molecular complexity index is 1090. The van der Waals surface area contributed by atoms with E-state index < -0.39 is 18.2 Å². The quantitative estimate of drug-likeness (QED) is 0.463. The standard InChI is InChI=1S/C22H16F3N3O3/c1-15(30-21(29)22(23,24)25)7-8-16-5-4-14-27-20(16)31-18-11-9-17(10-12-18)28-19-6-2-3-13-26-19/h2-6,9-15H,1H3,(H,26,28)/t15-/m0/s1. The van der Waals surface area contributed by atoms with Crippen LogP contribution in [0.25, 0.3) is 0 Å². The lowest BCUT2D eigenvalue weighted by Gasteiger charge is -2.10. The minimum Gasteiger partial charge on any atom is -0.443 e. The third-order valence-electron chi connectivity index (χ3n) is 3.70. The van der Waals surface area contributed by atoms with Crippen LogP contribution in [0.4, 0.5) is 24.7 Å². The van der Waals surface area contributed by atoms with Gasteiger partial charge in [0.05, 0.1) is 5.56 Å². The molecule has 9 heteroatoms. The molecule has 31 heavy (non-hydrogen) atoms. The first kappa shape index (κ1) is 21.6. The third-order valence-corrected chi connectivity index (χ3v) is 3.70. The minimum atomic E-state index is -5.07. The molecule has 1 aromatic carbocycles. The summed E-state index contributed by atoms with van der Waals surface area (Å²) in [5.41, 5.74) is 1.13. The molecule has 1 atom stereocenters. The van der Waals surface area contributed by atoms with E-state index in [2.05, 4.69) is 31.9 Å². The first-order chi connectivity index (χ1) is 14.8. The topological polar surface area (TPSA) is 73.3 Å². The van der Waals surface area contributed by atoms with Crippen molar-refractivity contribution in [2.75, 3.05) is 5.32 Å². The molecular weight excluding hydrogens is 411 g/mol. The van der Waals surface area contributed by atoms with Crippen LogP contribution in [-0.2, 0) is 9.53 Å². The van der Waals surface area contributed by atoms with Crippen LogP contribution in [0.3, 0.4) is 0 Å². The Hall–Kier alpha value is -4.06. The highest BCUT2D eigenvalue weighted by Crippen LogP contribution is 2.25. The second kappa shape index (κ2) is 9.63. The second-order valence-electron chi connectivity index (χ2n) is 6.14. The van der Waals surface area contributed by atoms with E-state index in [4.69, 9.17) is 4.74 Å². The molecule has 2 aromatic heterocycles. The molecule has 0 aliphatic rings. The number of esters is 1. The number of ether oxygens (including phenoxy) is 2. The van der Waals surface area contributed by atoms with Crippen LogP contribution in [0.15, 0.2) is 67.0 Å². The fourth-order valence-corrected chi connectivity index (χ4v) is 2.31.